The predicted octanol–water partition coefficient (Wildman–Crippen LogP) is 4.42. The van der Waals surface area contributed by atoms with Gasteiger partial charge in [0.05, 0.1) is 22.7 Å². The summed E-state index contributed by atoms with van der Waals surface area (Å²) in [4.78, 5) is 34.4. The average Bonchev–Trinajstić information content (AvgIpc) is 3.14. The van der Waals surface area contributed by atoms with Gasteiger partial charge in [-0.25, -0.2) is 4.98 Å². The molecule has 0 N–H and O–H groups in total. The van der Waals surface area contributed by atoms with Crippen LogP contribution in [0.2, 0.25) is 0 Å². The van der Waals surface area contributed by atoms with Gasteiger partial charge in [0, 0.05) is 25.7 Å². The second-order valence-corrected chi connectivity index (χ2v) is 9.35. The van der Waals surface area contributed by atoms with Gasteiger partial charge in [-0.3, -0.25) is 9.59 Å². The number of carbonyl (C=O) groups excluding carboxylic acids is 2. The summed E-state index contributed by atoms with van der Waals surface area (Å²) in [6, 6.07) is 14.0. The van der Waals surface area contributed by atoms with Gasteiger partial charge in [0.2, 0.25) is 5.91 Å². The Kier molecular flexibility index (Phi) is 5.86. The molecule has 156 valence electrons. The lowest BCUT2D eigenvalue weighted by atomic mass is 9.95. The van der Waals surface area contributed by atoms with Gasteiger partial charge in [0.15, 0.2) is 0 Å². The number of benzene rings is 2. The van der Waals surface area contributed by atoms with Gasteiger partial charge in [-0.05, 0) is 51.0 Å². The van der Waals surface area contributed by atoms with Crippen LogP contribution in [0.15, 0.2) is 42.5 Å². The molecular weight excluding hydrogens is 394 g/mol. The molecule has 0 saturated carbocycles. The molecule has 0 aliphatic carbocycles. The maximum absolute atomic E-state index is 13.1. The molecule has 1 aliphatic heterocycles. The van der Waals surface area contributed by atoms with E-state index in [1.165, 1.54) is 0 Å². The van der Waals surface area contributed by atoms with Gasteiger partial charge < -0.3 is 9.80 Å². The maximum Gasteiger partial charge on any atom is 0.253 e. The molecule has 0 unspecified atom stereocenters. The van der Waals surface area contributed by atoms with E-state index in [1.54, 1.807) is 16.2 Å². The monoisotopic (exact) mass is 421 g/mol. The maximum atomic E-state index is 13.1. The van der Waals surface area contributed by atoms with E-state index < -0.39 is 0 Å². The second kappa shape index (κ2) is 8.56. The summed E-state index contributed by atoms with van der Waals surface area (Å²) in [5.74, 6) is -0.0479. The van der Waals surface area contributed by atoms with Gasteiger partial charge in [-0.1, -0.05) is 29.3 Å². The van der Waals surface area contributed by atoms with E-state index in [-0.39, 0.29) is 17.7 Å². The van der Waals surface area contributed by atoms with E-state index in [0.29, 0.717) is 25.2 Å². The fourth-order valence-corrected chi connectivity index (χ4v) is 5.24. The van der Waals surface area contributed by atoms with Crippen LogP contribution >= 0.6 is 11.3 Å². The Labute approximate surface area is 181 Å². The lowest BCUT2D eigenvalue weighted by molar-refractivity contribution is -0.136. The van der Waals surface area contributed by atoms with Crippen molar-refractivity contribution in [2.75, 3.05) is 20.1 Å². The van der Waals surface area contributed by atoms with Crippen molar-refractivity contribution in [3.8, 4) is 0 Å². The van der Waals surface area contributed by atoms with Crippen LogP contribution in [0.1, 0.15) is 39.3 Å². The van der Waals surface area contributed by atoms with E-state index in [9.17, 15) is 9.59 Å². The first-order valence-corrected chi connectivity index (χ1v) is 11.2. The van der Waals surface area contributed by atoms with Crippen molar-refractivity contribution in [2.45, 2.75) is 33.2 Å². The van der Waals surface area contributed by atoms with Crippen molar-refractivity contribution >= 4 is 33.4 Å². The Hall–Kier alpha value is -2.73. The SMILES string of the molecule is Cc1cc(C)cc(C(=O)N2CCC[C@H](C(=O)N(C)Cc3nc4ccccc4s3)C2)c1. The van der Waals surface area contributed by atoms with Crippen LogP contribution in [-0.2, 0) is 11.3 Å². The van der Waals surface area contributed by atoms with Gasteiger partial charge in [0.1, 0.15) is 5.01 Å². The smallest absolute Gasteiger partial charge is 0.253 e. The molecule has 1 fully saturated rings. The number of rotatable bonds is 4. The number of para-hydroxylation sites is 1. The molecule has 2 heterocycles. The lowest BCUT2D eigenvalue weighted by Crippen LogP contribution is -2.45. The van der Waals surface area contributed by atoms with E-state index in [1.807, 2.05) is 56.1 Å². The summed E-state index contributed by atoms with van der Waals surface area (Å²) in [5, 5.41) is 0.936. The van der Waals surface area contributed by atoms with Gasteiger partial charge >= 0.3 is 0 Å². The molecule has 0 bridgehead atoms. The van der Waals surface area contributed by atoms with Crippen LogP contribution in [-0.4, -0.2) is 46.7 Å². The quantitative estimate of drug-likeness (QED) is 0.626. The number of carbonyl (C=O) groups is 2. The van der Waals surface area contributed by atoms with Crippen LogP contribution in [0.5, 0.6) is 0 Å². The first-order chi connectivity index (χ1) is 14.4. The van der Waals surface area contributed by atoms with Crippen molar-refractivity contribution in [1.29, 1.82) is 0 Å². The van der Waals surface area contributed by atoms with Gasteiger partial charge in [-0.2, -0.15) is 0 Å². The molecule has 1 aromatic heterocycles. The number of aromatic nitrogens is 1. The summed E-state index contributed by atoms with van der Waals surface area (Å²) in [6.45, 7) is 5.69. The van der Waals surface area contributed by atoms with Crippen LogP contribution in [0, 0.1) is 19.8 Å². The zero-order chi connectivity index (χ0) is 21.3. The van der Waals surface area contributed by atoms with Crippen LogP contribution in [0.3, 0.4) is 0 Å². The highest BCUT2D eigenvalue weighted by Crippen LogP contribution is 2.25. The van der Waals surface area contributed by atoms with Crippen molar-refractivity contribution < 1.29 is 9.59 Å². The molecule has 4 rings (SSSR count). The van der Waals surface area contributed by atoms with Crippen molar-refractivity contribution in [1.82, 2.24) is 14.8 Å². The number of thiazole rings is 1. The number of amides is 2. The van der Waals surface area contributed by atoms with E-state index in [4.69, 9.17) is 0 Å². The summed E-state index contributed by atoms with van der Waals surface area (Å²) < 4.78 is 1.14. The van der Waals surface area contributed by atoms with Crippen LogP contribution in [0.4, 0.5) is 0 Å². The third-order valence-corrected chi connectivity index (χ3v) is 6.63. The number of aryl methyl sites for hydroxylation is 2. The highest BCUT2D eigenvalue weighted by Gasteiger charge is 2.31. The first kappa shape index (κ1) is 20.5. The fraction of sp³-hybridized carbons (Fsp3) is 0.375. The Morgan fingerprint density at radius 2 is 1.90 bits per heavy atom. The molecule has 30 heavy (non-hydrogen) atoms. The average molecular weight is 422 g/mol. The summed E-state index contributed by atoms with van der Waals surface area (Å²) in [5.41, 5.74) is 3.85. The molecule has 3 aromatic rings. The Morgan fingerprint density at radius 3 is 2.63 bits per heavy atom. The minimum atomic E-state index is -0.159. The molecule has 1 atom stereocenters. The molecule has 1 saturated heterocycles. The summed E-state index contributed by atoms with van der Waals surface area (Å²) in [7, 11) is 1.83. The molecule has 5 nitrogen and oxygen atoms in total. The summed E-state index contributed by atoms with van der Waals surface area (Å²) in [6.07, 6.45) is 1.67. The molecule has 2 aromatic carbocycles. The first-order valence-electron chi connectivity index (χ1n) is 10.4. The number of hydrogen-bond donors (Lipinski definition) is 0. The topological polar surface area (TPSA) is 53.5 Å². The predicted molar refractivity (Wildman–Crippen MR) is 121 cm³/mol. The van der Waals surface area contributed by atoms with Crippen LogP contribution < -0.4 is 0 Å². The minimum absolute atomic E-state index is 0.0214. The summed E-state index contributed by atoms with van der Waals surface area (Å²) >= 11 is 1.63. The number of fused-ring (bicyclic) bond motifs is 1. The number of nitrogens with zero attached hydrogens (tertiary/aromatic N) is 3. The zero-order valence-corrected chi connectivity index (χ0v) is 18.5. The Morgan fingerprint density at radius 1 is 1.17 bits per heavy atom. The Bertz CT molecular complexity index is 1040. The van der Waals surface area contributed by atoms with Crippen molar-refractivity contribution in [3.05, 3.63) is 64.2 Å². The number of piperidine rings is 1. The van der Waals surface area contributed by atoms with Crippen molar-refractivity contribution in [2.24, 2.45) is 5.92 Å². The third kappa shape index (κ3) is 4.38. The largest absolute Gasteiger partial charge is 0.339 e. The standard InChI is InChI=1S/C24H27N3O2S/c1-16-11-17(2)13-19(12-16)24(29)27-10-6-7-18(14-27)23(28)26(3)15-22-25-20-8-4-5-9-21(20)30-22/h4-5,8-9,11-13,18H,6-7,10,14-15H2,1-3H3/t18-/m0/s1. The fourth-order valence-electron chi connectivity index (χ4n) is 4.22. The minimum Gasteiger partial charge on any atom is -0.339 e. The third-order valence-electron chi connectivity index (χ3n) is 5.61. The number of hydrogen-bond acceptors (Lipinski definition) is 4. The van der Waals surface area contributed by atoms with E-state index >= 15 is 0 Å². The highest BCUT2D eigenvalue weighted by atomic mass is 32.1. The number of likely N-dealkylation sites (tertiary alicyclic amines) is 1. The normalized spacial score (nSPS) is 16.6. The highest BCUT2D eigenvalue weighted by molar-refractivity contribution is 7.18. The second-order valence-electron chi connectivity index (χ2n) is 8.24. The van der Waals surface area contributed by atoms with Gasteiger partial charge in [0.25, 0.3) is 5.91 Å². The van der Waals surface area contributed by atoms with E-state index in [2.05, 4.69) is 17.1 Å². The molecule has 0 radical (unpaired) electrons. The van der Waals surface area contributed by atoms with Crippen LogP contribution in [0.25, 0.3) is 10.2 Å². The van der Waals surface area contributed by atoms with E-state index in [0.717, 1.165) is 39.2 Å². The lowest BCUT2D eigenvalue weighted by Gasteiger charge is -2.34. The van der Waals surface area contributed by atoms with Gasteiger partial charge in [-0.15, -0.1) is 11.3 Å². The Balaban J connectivity index is 1.42. The molecule has 2 amide bonds. The molecule has 6 heteroatoms. The molecule has 0 spiro atoms. The molecular formula is C24H27N3O2S. The van der Waals surface area contributed by atoms with Crippen molar-refractivity contribution in [3.63, 3.8) is 0 Å². The molecule has 1 aliphatic rings. The zero-order valence-electron chi connectivity index (χ0n) is 17.7.